The van der Waals surface area contributed by atoms with Gasteiger partial charge in [0, 0.05) is 78.4 Å². The summed E-state index contributed by atoms with van der Waals surface area (Å²) >= 11 is 0. The maximum Gasteiger partial charge on any atom is 0.159 e. The summed E-state index contributed by atoms with van der Waals surface area (Å²) in [5.41, 5.74) is 16.7. The number of hydrogen-bond donors (Lipinski definition) is 0. The lowest BCUT2D eigenvalue weighted by molar-refractivity contribution is 0.668. The summed E-state index contributed by atoms with van der Waals surface area (Å²) < 4.78 is 13.2. The first-order chi connectivity index (χ1) is 57.8. The van der Waals surface area contributed by atoms with Gasteiger partial charge in [0.15, 0.2) is 11.2 Å². The third kappa shape index (κ3) is 12.5. The topological polar surface area (TPSA) is 39.2 Å². The van der Waals surface area contributed by atoms with Crippen LogP contribution in [0.4, 0.5) is 68.2 Å². The molecular weight excluding hydrogens is 1470 g/mol. The molecule has 20 aromatic carbocycles. The van der Waals surface area contributed by atoms with Gasteiger partial charge in [-0.1, -0.05) is 304 Å². The highest BCUT2D eigenvalue weighted by Crippen LogP contribution is 2.50. The van der Waals surface area contributed by atoms with Crippen LogP contribution in [0.15, 0.2) is 409 Å². The Balaban J connectivity index is 0.000000148. The number of rotatable bonds is 14. The van der Waals surface area contributed by atoms with Crippen molar-refractivity contribution in [2.75, 3.05) is 19.6 Å². The van der Waals surface area contributed by atoms with E-state index in [0.29, 0.717) is 0 Å². The van der Waals surface area contributed by atoms with Crippen LogP contribution in [-0.4, -0.2) is 16.1 Å². The minimum atomic E-state index is -1.43. The van der Waals surface area contributed by atoms with Gasteiger partial charge in [0.2, 0.25) is 0 Å². The van der Waals surface area contributed by atoms with Crippen molar-refractivity contribution in [2.24, 2.45) is 0 Å². The van der Waals surface area contributed by atoms with Gasteiger partial charge in [0.25, 0.3) is 0 Å². The lowest BCUT2D eigenvalue weighted by Gasteiger charge is -2.27. The van der Waals surface area contributed by atoms with Crippen molar-refractivity contribution >= 4 is 225 Å². The Hall–Kier alpha value is -14.3. The molecular formula is C110H84N4O2Si2. The number of nitrogens with zero attached hydrogens (tertiary/aromatic N) is 4. The molecule has 118 heavy (non-hydrogen) atoms. The van der Waals surface area contributed by atoms with E-state index in [1.807, 2.05) is 24.3 Å². The number of fused-ring (bicyclic) bond motifs is 22. The summed E-state index contributed by atoms with van der Waals surface area (Å²) in [6.45, 7) is 14.4. The SMILES string of the molecule is C[Si](C)(C)c1ccc(N(c2ccccc2)c2ccc3c(ccc4c5ccc(N(c6ccccc6)c6ccc([Si](C)(C)C)cc6)cc5c5ccccc5c34)c2)cc1.c1ccc(N(c2ccc3c(ccc4c5ccc(N(c6ccccc6)c6cccc7c6oc6ccccc67)cc5c5ccccc5c34)c2)c2cccc3c2oc2ccccc23)cc1. The first-order valence-corrected chi connectivity index (χ1v) is 47.9. The van der Waals surface area contributed by atoms with E-state index in [0.717, 1.165) is 101 Å². The van der Waals surface area contributed by atoms with Crippen LogP contribution in [0.25, 0.3) is 130 Å². The first kappa shape index (κ1) is 71.5. The average Bonchev–Trinajstić information content (AvgIpc) is 0.936. The van der Waals surface area contributed by atoms with Gasteiger partial charge >= 0.3 is 0 Å². The largest absolute Gasteiger partial charge is 0.454 e. The summed E-state index contributed by atoms with van der Waals surface area (Å²) in [4.78, 5) is 9.42. The standard InChI is InChI=1S/C58H36N2O2.C52H48N2Si2/c1-3-15-38(16-4-1)59(52-25-13-23-49-45-20-9-11-27-54(45)61-57(49)52)40-30-33-42-37(35-40)29-32-48-44-34-31-41(36-51(44)43-19-7-8-22-47(43)56(42)48)60(39-17-5-2-6-18-39)53-26-14-24-50-46-21-10-12-28-55(46)62-58(50)53;1-55(2,3)44-28-22-40(23-29-44)53(38-15-9-7-10-16-38)42-26-33-46-37(35-42)21-32-50-48-34-27-43(36-51(48)47-19-13-14-20-49(47)52(46)50)54(39-17-11-8-12-18-39)41-24-30-45(31-25-41)56(4,5)6/h1-36H;7-36H,1-6H3. The molecule has 0 saturated heterocycles. The Morgan fingerprint density at radius 3 is 0.822 bits per heavy atom. The van der Waals surface area contributed by atoms with Gasteiger partial charge in [0.1, 0.15) is 11.2 Å². The second-order valence-electron chi connectivity index (χ2n) is 33.1. The monoisotopic (exact) mass is 1550 g/mol. The quantitative estimate of drug-likeness (QED) is 0.0798. The molecule has 2 heterocycles. The molecule has 0 N–H and O–H groups in total. The van der Waals surface area contributed by atoms with Crippen LogP contribution in [0.5, 0.6) is 0 Å². The van der Waals surface area contributed by atoms with Gasteiger partial charge in [0.05, 0.1) is 27.5 Å². The molecule has 564 valence electrons. The Morgan fingerprint density at radius 1 is 0.178 bits per heavy atom. The fourth-order valence-corrected chi connectivity index (χ4v) is 20.5. The normalized spacial score (nSPS) is 12.0. The highest BCUT2D eigenvalue weighted by atomic mass is 28.3. The Kier molecular flexibility index (Phi) is 17.5. The Bertz CT molecular complexity index is 7590. The van der Waals surface area contributed by atoms with Gasteiger partial charge in [-0.15, -0.1) is 0 Å². The van der Waals surface area contributed by atoms with Gasteiger partial charge in [-0.3, -0.25) is 0 Å². The number of furan rings is 2. The molecule has 0 atom stereocenters. The zero-order valence-corrected chi connectivity index (χ0v) is 68.7. The molecule has 0 fully saturated rings. The van der Waals surface area contributed by atoms with Crippen LogP contribution in [0, 0.1) is 0 Å². The molecule has 0 saturated carbocycles. The van der Waals surface area contributed by atoms with Crippen molar-refractivity contribution in [3.05, 3.63) is 400 Å². The number of para-hydroxylation sites is 8. The molecule has 6 nitrogen and oxygen atoms in total. The molecule has 8 heteroatoms. The number of benzene rings is 20. The van der Waals surface area contributed by atoms with E-state index >= 15 is 0 Å². The highest BCUT2D eigenvalue weighted by molar-refractivity contribution is 6.89. The summed E-state index contributed by atoms with van der Waals surface area (Å²) in [7, 11) is -2.85. The van der Waals surface area contributed by atoms with Crippen LogP contribution in [0.1, 0.15) is 0 Å². The smallest absolute Gasteiger partial charge is 0.159 e. The van der Waals surface area contributed by atoms with Crippen molar-refractivity contribution in [3.63, 3.8) is 0 Å². The van der Waals surface area contributed by atoms with Gasteiger partial charge in [-0.05, 0) is 232 Å². The number of anilines is 12. The van der Waals surface area contributed by atoms with E-state index in [4.69, 9.17) is 8.83 Å². The van der Waals surface area contributed by atoms with Crippen molar-refractivity contribution in [1.29, 1.82) is 0 Å². The molecule has 2 aromatic heterocycles. The number of hydrogen-bond acceptors (Lipinski definition) is 6. The van der Waals surface area contributed by atoms with Crippen LogP contribution < -0.4 is 30.0 Å². The lowest BCUT2D eigenvalue weighted by Crippen LogP contribution is -2.37. The molecule has 0 spiro atoms. The maximum absolute atomic E-state index is 6.62. The fraction of sp³-hybridized carbons (Fsp3) is 0.0545. The van der Waals surface area contributed by atoms with Crippen LogP contribution in [-0.2, 0) is 0 Å². The molecule has 22 aromatic rings. The first-order valence-electron chi connectivity index (χ1n) is 40.9. The van der Waals surface area contributed by atoms with E-state index in [1.54, 1.807) is 0 Å². The maximum atomic E-state index is 6.62. The molecule has 0 amide bonds. The predicted molar refractivity (Wildman–Crippen MR) is 512 cm³/mol. The van der Waals surface area contributed by atoms with Gasteiger partial charge in [-0.25, -0.2) is 0 Å². The van der Waals surface area contributed by atoms with E-state index < -0.39 is 16.1 Å². The minimum absolute atomic E-state index is 0.868. The summed E-state index contributed by atoms with van der Waals surface area (Å²) in [5, 5.41) is 27.2. The second kappa shape index (κ2) is 28.9. The van der Waals surface area contributed by atoms with Crippen molar-refractivity contribution in [2.45, 2.75) is 39.3 Å². The molecule has 0 aliphatic carbocycles. The van der Waals surface area contributed by atoms with E-state index in [9.17, 15) is 0 Å². The summed E-state index contributed by atoms with van der Waals surface area (Å²) in [6.07, 6.45) is 0. The van der Waals surface area contributed by atoms with Crippen molar-refractivity contribution < 1.29 is 8.83 Å². The van der Waals surface area contributed by atoms with E-state index in [1.165, 1.54) is 108 Å². The Morgan fingerprint density at radius 2 is 0.441 bits per heavy atom. The zero-order valence-electron chi connectivity index (χ0n) is 66.7. The van der Waals surface area contributed by atoms with Crippen LogP contribution in [0.3, 0.4) is 0 Å². The van der Waals surface area contributed by atoms with E-state index in [-0.39, 0.29) is 0 Å². The third-order valence-corrected chi connectivity index (χ3v) is 28.0. The Labute approximate surface area is 688 Å². The molecule has 0 aliphatic heterocycles. The zero-order chi connectivity index (χ0) is 79.3. The van der Waals surface area contributed by atoms with Gasteiger partial charge < -0.3 is 28.4 Å². The van der Waals surface area contributed by atoms with Crippen molar-refractivity contribution in [1.82, 2.24) is 0 Å². The summed E-state index contributed by atoms with van der Waals surface area (Å²) in [5.74, 6) is 0. The average molecular weight is 1550 g/mol. The highest BCUT2D eigenvalue weighted by Gasteiger charge is 2.27. The predicted octanol–water partition coefficient (Wildman–Crippen LogP) is 31.4. The third-order valence-electron chi connectivity index (χ3n) is 23.9. The molecule has 0 unspecified atom stereocenters. The van der Waals surface area contributed by atoms with E-state index in [2.05, 4.69) is 435 Å². The van der Waals surface area contributed by atoms with Crippen molar-refractivity contribution in [3.8, 4) is 0 Å². The minimum Gasteiger partial charge on any atom is -0.454 e. The second-order valence-corrected chi connectivity index (χ2v) is 43.3. The van der Waals surface area contributed by atoms with Gasteiger partial charge in [-0.2, -0.15) is 0 Å². The molecule has 0 aliphatic rings. The molecule has 22 rings (SSSR count). The molecule has 0 bridgehead atoms. The fourth-order valence-electron chi connectivity index (χ4n) is 18.2. The molecule has 0 radical (unpaired) electrons. The van der Waals surface area contributed by atoms with Crippen LogP contribution in [0.2, 0.25) is 39.3 Å². The van der Waals surface area contributed by atoms with Crippen LogP contribution >= 0.6 is 0 Å². The lowest BCUT2D eigenvalue weighted by atomic mass is 9.90. The summed E-state index contributed by atoms with van der Waals surface area (Å²) in [6, 6.07) is 146.